The molecule has 0 radical (unpaired) electrons. The average molecular weight is 308 g/mol. The van der Waals surface area contributed by atoms with Crippen LogP contribution >= 0.6 is 12.4 Å². The molecule has 0 bridgehead atoms. The summed E-state index contributed by atoms with van der Waals surface area (Å²) in [5, 5.41) is 3.65. The van der Waals surface area contributed by atoms with Crippen molar-refractivity contribution in [3.63, 3.8) is 0 Å². The maximum atomic E-state index is 12.6. The first-order valence-corrected chi connectivity index (χ1v) is 5.68. The first kappa shape index (κ1) is 16.5. The Hall–Kier alpha value is -1.60. The summed E-state index contributed by atoms with van der Waals surface area (Å²) < 4.78 is 42.7. The van der Waals surface area contributed by atoms with Gasteiger partial charge in [0.25, 0.3) is 0 Å². The number of aromatic nitrogens is 2. The zero-order valence-corrected chi connectivity index (χ0v) is 11.3. The van der Waals surface area contributed by atoms with E-state index in [2.05, 4.69) is 10.1 Å². The van der Waals surface area contributed by atoms with Gasteiger partial charge in [0.1, 0.15) is 0 Å². The molecule has 0 spiro atoms. The van der Waals surface area contributed by atoms with Gasteiger partial charge in [-0.05, 0) is 18.6 Å². The molecular formula is C12H13ClF3N3O. The van der Waals surface area contributed by atoms with Crippen LogP contribution in [0.15, 0.2) is 28.8 Å². The number of alkyl halides is 3. The van der Waals surface area contributed by atoms with Gasteiger partial charge in [-0.25, -0.2) is 0 Å². The smallest absolute Gasteiger partial charge is 0.337 e. The van der Waals surface area contributed by atoms with E-state index in [0.29, 0.717) is 6.42 Å². The largest absolute Gasteiger partial charge is 0.416 e. The van der Waals surface area contributed by atoms with E-state index in [1.54, 1.807) is 0 Å². The fourth-order valence-corrected chi connectivity index (χ4v) is 1.51. The Labute approximate surface area is 119 Å². The molecule has 1 heterocycles. The molecular weight excluding hydrogens is 295 g/mol. The van der Waals surface area contributed by atoms with Crippen molar-refractivity contribution in [2.75, 3.05) is 0 Å². The van der Waals surface area contributed by atoms with E-state index in [-0.39, 0.29) is 29.7 Å². The van der Waals surface area contributed by atoms with Gasteiger partial charge in [-0.2, -0.15) is 18.2 Å². The molecule has 4 nitrogen and oxygen atoms in total. The van der Waals surface area contributed by atoms with E-state index in [4.69, 9.17) is 10.3 Å². The third-order valence-electron chi connectivity index (χ3n) is 2.65. The summed E-state index contributed by atoms with van der Waals surface area (Å²) >= 11 is 0. The lowest BCUT2D eigenvalue weighted by Crippen LogP contribution is -2.08. The van der Waals surface area contributed by atoms with Crippen LogP contribution in [0.3, 0.4) is 0 Å². The van der Waals surface area contributed by atoms with E-state index >= 15 is 0 Å². The van der Waals surface area contributed by atoms with E-state index in [0.717, 1.165) is 12.1 Å². The van der Waals surface area contributed by atoms with E-state index in [9.17, 15) is 13.2 Å². The van der Waals surface area contributed by atoms with Crippen molar-refractivity contribution in [1.82, 2.24) is 10.1 Å². The Bertz CT molecular complexity index is 571. The molecule has 0 saturated carbocycles. The third kappa shape index (κ3) is 3.49. The van der Waals surface area contributed by atoms with Crippen LogP contribution in [-0.2, 0) is 6.18 Å². The monoisotopic (exact) mass is 307 g/mol. The molecule has 2 rings (SSSR count). The van der Waals surface area contributed by atoms with Gasteiger partial charge in [-0.1, -0.05) is 24.2 Å². The number of hydrogen-bond acceptors (Lipinski definition) is 4. The molecule has 0 fully saturated rings. The highest BCUT2D eigenvalue weighted by Gasteiger charge is 2.30. The second-order valence-electron chi connectivity index (χ2n) is 4.05. The minimum atomic E-state index is -4.40. The normalized spacial score (nSPS) is 12.8. The number of rotatable bonds is 3. The summed E-state index contributed by atoms with van der Waals surface area (Å²) in [6.45, 7) is 1.85. The number of hydrogen-bond donors (Lipinski definition) is 1. The van der Waals surface area contributed by atoms with Crippen LogP contribution in [0.4, 0.5) is 13.2 Å². The Morgan fingerprint density at radius 2 is 2.05 bits per heavy atom. The van der Waals surface area contributed by atoms with Crippen molar-refractivity contribution in [1.29, 1.82) is 0 Å². The molecule has 1 aromatic carbocycles. The fourth-order valence-electron chi connectivity index (χ4n) is 1.51. The second kappa shape index (κ2) is 6.23. The van der Waals surface area contributed by atoms with Crippen molar-refractivity contribution in [2.24, 2.45) is 5.73 Å². The molecule has 0 aliphatic rings. The highest BCUT2D eigenvalue weighted by molar-refractivity contribution is 5.85. The Morgan fingerprint density at radius 1 is 1.35 bits per heavy atom. The topological polar surface area (TPSA) is 64.9 Å². The highest BCUT2D eigenvalue weighted by Crippen LogP contribution is 2.31. The van der Waals surface area contributed by atoms with Crippen LogP contribution in [0.1, 0.15) is 30.8 Å². The quantitative estimate of drug-likeness (QED) is 0.941. The average Bonchev–Trinajstić information content (AvgIpc) is 2.86. The molecule has 8 heteroatoms. The second-order valence-corrected chi connectivity index (χ2v) is 4.05. The maximum Gasteiger partial charge on any atom is 0.416 e. The van der Waals surface area contributed by atoms with Crippen molar-refractivity contribution in [3.05, 3.63) is 35.7 Å². The summed E-state index contributed by atoms with van der Waals surface area (Å²) in [6, 6.07) is 4.34. The molecule has 0 aliphatic carbocycles. The summed E-state index contributed by atoms with van der Waals surface area (Å²) in [5.41, 5.74) is 5.20. The SMILES string of the molecule is CC[C@H](N)c1nc(-c2cccc(C(F)(F)F)c2)no1.Cl. The van der Waals surface area contributed by atoms with Gasteiger partial charge in [-0.3, -0.25) is 0 Å². The first-order chi connectivity index (χ1) is 8.91. The fraction of sp³-hybridized carbons (Fsp3) is 0.333. The standard InChI is InChI=1S/C12H12F3N3O.ClH/c1-2-9(16)11-17-10(18-19-11)7-4-3-5-8(6-7)12(13,14)15;/h3-6,9H,2,16H2,1H3;1H/t9-;/m0./s1. The molecule has 2 N–H and O–H groups in total. The predicted molar refractivity (Wildman–Crippen MR) is 69.2 cm³/mol. The van der Waals surface area contributed by atoms with Gasteiger partial charge >= 0.3 is 6.18 Å². The van der Waals surface area contributed by atoms with Crippen LogP contribution < -0.4 is 5.73 Å². The lowest BCUT2D eigenvalue weighted by Gasteiger charge is -2.06. The molecule has 110 valence electrons. The summed E-state index contributed by atoms with van der Waals surface area (Å²) in [6.07, 6.45) is -3.80. The van der Waals surface area contributed by atoms with Gasteiger partial charge in [0.2, 0.25) is 11.7 Å². The first-order valence-electron chi connectivity index (χ1n) is 5.68. The predicted octanol–water partition coefficient (Wildman–Crippen LogP) is 3.59. The summed E-state index contributed by atoms with van der Waals surface area (Å²) in [4.78, 5) is 4.00. The van der Waals surface area contributed by atoms with Crippen LogP contribution in [0.5, 0.6) is 0 Å². The zero-order valence-electron chi connectivity index (χ0n) is 10.5. The number of benzene rings is 1. The van der Waals surface area contributed by atoms with E-state index in [1.807, 2.05) is 6.92 Å². The Balaban J connectivity index is 0.00000200. The van der Waals surface area contributed by atoms with Crippen molar-refractivity contribution in [2.45, 2.75) is 25.6 Å². The number of halogens is 4. The molecule has 0 amide bonds. The Kier molecular flexibility index (Phi) is 5.13. The summed E-state index contributed by atoms with van der Waals surface area (Å²) in [7, 11) is 0. The molecule has 1 atom stereocenters. The van der Waals surface area contributed by atoms with Crippen LogP contribution in [0, 0.1) is 0 Å². The van der Waals surface area contributed by atoms with Crippen molar-refractivity contribution < 1.29 is 17.7 Å². The number of nitrogens with zero attached hydrogens (tertiary/aromatic N) is 2. The zero-order chi connectivity index (χ0) is 14.0. The van der Waals surface area contributed by atoms with Crippen molar-refractivity contribution in [3.8, 4) is 11.4 Å². The van der Waals surface area contributed by atoms with E-state index < -0.39 is 17.8 Å². The van der Waals surface area contributed by atoms with Gasteiger partial charge < -0.3 is 10.3 Å². The maximum absolute atomic E-state index is 12.6. The minimum Gasteiger partial charge on any atom is -0.337 e. The molecule has 1 aromatic heterocycles. The highest BCUT2D eigenvalue weighted by atomic mass is 35.5. The Morgan fingerprint density at radius 3 is 2.65 bits per heavy atom. The van der Waals surface area contributed by atoms with E-state index in [1.165, 1.54) is 12.1 Å². The van der Waals surface area contributed by atoms with Gasteiger partial charge in [0.05, 0.1) is 11.6 Å². The molecule has 0 unspecified atom stereocenters. The van der Waals surface area contributed by atoms with Gasteiger partial charge in [-0.15, -0.1) is 12.4 Å². The van der Waals surface area contributed by atoms with Gasteiger partial charge in [0.15, 0.2) is 0 Å². The van der Waals surface area contributed by atoms with Crippen LogP contribution in [0.25, 0.3) is 11.4 Å². The third-order valence-corrected chi connectivity index (χ3v) is 2.65. The van der Waals surface area contributed by atoms with Crippen molar-refractivity contribution >= 4 is 12.4 Å². The minimum absolute atomic E-state index is 0. The lowest BCUT2D eigenvalue weighted by molar-refractivity contribution is -0.137. The number of nitrogens with two attached hydrogens (primary N) is 1. The molecule has 0 saturated heterocycles. The van der Waals surface area contributed by atoms with Gasteiger partial charge in [0, 0.05) is 5.56 Å². The summed E-state index contributed by atoms with van der Waals surface area (Å²) in [5.74, 6) is 0.319. The molecule has 20 heavy (non-hydrogen) atoms. The van der Waals surface area contributed by atoms with Crippen LogP contribution in [-0.4, -0.2) is 10.1 Å². The lowest BCUT2D eigenvalue weighted by atomic mass is 10.1. The molecule has 2 aromatic rings. The van der Waals surface area contributed by atoms with Crippen LogP contribution in [0.2, 0.25) is 0 Å². The molecule has 0 aliphatic heterocycles.